The number of esters is 1. The summed E-state index contributed by atoms with van der Waals surface area (Å²) in [4.78, 5) is 118. The van der Waals surface area contributed by atoms with Crippen LogP contribution in [0.2, 0.25) is 20.1 Å². The van der Waals surface area contributed by atoms with E-state index in [1.54, 1.807) is 164 Å². The van der Waals surface area contributed by atoms with Gasteiger partial charge in [0, 0.05) is 162 Å². The van der Waals surface area contributed by atoms with Crippen molar-refractivity contribution in [1.29, 1.82) is 0 Å². The number of aliphatic hydroxyl groups excluding tert-OH is 4. The zero-order chi connectivity index (χ0) is 86.8. The van der Waals surface area contributed by atoms with Gasteiger partial charge in [-0.2, -0.15) is 0 Å². The molecule has 12 aromatic rings. The number of β-amino-alcohol motifs (C(OH)–C–C–N with tert-alkyl or cyclic N) is 4. The molecule has 630 valence electrons. The van der Waals surface area contributed by atoms with E-state index in [2.05, 4.69) is 30.0 Å². The lowest BCUT2D eigenvalue weighted by Crippen LogP contribution is -2.48. The molecule has 8 heterocycles. The molecule has 0 radical (unpaired) electrons. The number of aromatic nitrogens is 4. The molecule has 0 bridgehead atoms. The quantitative estimate of drug-likeness (QED) is 0.0341. The average molecular weight is 1740 g/mol. The normalized spacial score (nSPS) is 18.8. The first-order chi connectivity index (χ1) is 58.6. The average Bonchev–Trinajstić information content (AvgIpc) is 0.795. The Labute approximate surface area is 719 Å². The molecule has 16 rings (SSSR count). The number of nitrogens with one attached hydrogen (secondary N) is 1. The molecule has 4 aromatic heterocycles. The van der Waals surface area contributed by atoms with Gasteiger partial charge in [-0.25, -0.2) is 22.4 Å². The van der Waals surface area contributed by atoms with Gasteiger partial charge in [0.05, 0.1) is 53.6 Å². The van der Waals surface area contributed by atoms with Gasteiger partial charge < -0.3 is 45.2 Å². The van der Waals surface area contributed by atoms with Crippen molar-refractivity contribution in [2.75, 3.05) is 59.5 Å². The van der Waals surface area contributed by atoms with Gasteiger partial charge in [-0.05, 0) is 222 Å². The Morgan fingerprint density at radius 1 is 0.361 bits per heavy atom. The Morgan fingerprint density at radius 3 is 0.861 bits per heavy atom. The number of ketones is 4. The minimum absolute atomic E-state index is 0.0136. The van der Waals surface area contributed by atoms with Gasteiger partial charge in [0.15, 0.2) is 0 Å². The van der Waals surface area contributed by atoms with E-state index in [9.17, 15) is 76.3 Å². The number of hydrogen-bond acceptors (Lipinski definition) is 18. The standard InChI is InChI=1S/3C23H20ClFN2O3.C14H15FN2O.C10H9ClO3/c3*24-15-3-1-14(2-4-15)11-21(28)23(30)27-10-8-18(22(29)13-27)17-7-9-26-20-6-5-16(25)12-19(17)20;15-9-1-2-13-12(7-9)10(4-6-17-13)11-3-5-16-8-14(11)18;1-14-10(13)9(12)6-7-2-4-8(11)5-3-7/h3*1-7,9,12,18,22,29H,8,10-11,13H2;1-2,4,6-7,11,14,16,18H,3,5,8H2;2-5H,6H2,1H3/t3*18-,22+;11-,14+;/m1000./s1. The molecule has 4 aliphatic heterocycles. The van der Waals surface area contributed by atoms with E-state index < -0.39 is 71.2 Å². The van der Waals surface area contributed by atoms with E-state index in [0.717, 1.165) is 51.7 Å². The molecule has 29 heteroatoms. The number of carbonyl (C=O) groups is 8. The summed E-state index contributed by atoms with van der Waals surface area (Å²) in [5.74, 6) is -6.90. The van der Waals surface area contributed by atoms with Gasteiger partial charge in [-0.15, -0.1) is 0 Å². The molecule has 3 amide bonds. The molecule has 4 saturated heterocycles. The molecule has 0 spiro atoms. The summed E-state index contributed by atoms with van der Waals surface area (Å²) in [7, 11) is 1.18. The maximum absolute atomic E-state index is 13.8. The molecule has 0 unspecified atom stereocenters. The minimum atomic E-state index is -0.861. The van der Waals surface area contributed by atoms with E-state index in [1.165, 1.54) is 70.3 Å². The summed E-state index contributed by atoms with van der Waals surface area (Å²) in [6.07, 6.45) is 5.89. The van der Waals surface area contributed by atoms with Gasteiger partial charge in [0.2, 0.25) is 23.1 Å². The fourth-order valence-corrected chi connectivity index (χ4v) is 16.1. The summed E-state index contributed by atoms with van der Waals surface area (Å²) in [6.45, 7) is 2.63. The Morgan fingerprint density at radius 2 is 0.615 bits per heavy atom. The fourth-order valence-electron chi connectivity index (χ4n) is 15.6. The van der Waals surface area contributed by atoms with Crippen LogP contribution < -0.4 is 5.32 Å². The zero-order valence-corrected chi connectivity index (χ0v) is 68.9. The number of amides is 3. The third kappa shape index (κ3) is 23.3. The molecule has 0 aliphatic carbocycles. The van der Waals surface area contributed by atoms with Crippen molar-refractivity contribution >= 4 is 137 Å². The highest BCUT2D eigenvalue weighted by Gasteiger charge is 2.38. The van der Waals surface area contributed by atoms with Gasteiger partial charge >= 0.3 is 5.97 Å². The van der Waals surface area contributed by atoms with Crippen LogP contribution in [0.3, 0.4) is 0 Å². The molecule has 5 N–H and O–H groups in total. The first-order valence-electron chi connectivity index (χ1n) is 39.3. The monoisotopic (exact) mass is 1740 g/mol. The fraction of sp³-hybridized carbons (Fsp3) is 0.269. The van der Waals surface area contributed by atoms with Gasteiger partial charge in [0.25, 0.3) is 17.7 Å². The number of aliphatic hydroxyl groups is 4. The van der Waals surface area contributed by atoms with Crippen LogP contribution in [-0.4, -0.2) is 186 Å². The summed E-state index contributed by atoms with van der Waals surface area (Å²) in [5.41, 5.74) is 8.98. The number of likely N-dealkylation sites (tertiary alicyclic amines) is 3. The second-order valence-electron chi connectivity index (χ2n) is 30.0. The number of pyridine rings is 4. The van der Waals surface area contributed by atoms with E-state index >= 15 is 0 Å². The predicted octanol–water partition coefficient (Wildman–Crippen LogP) is 14.0. The number of fused-ring (bicyclic) bond motifs is 4. The van der Waals surface area contributed by atoms with Crippen LogP contribution in [-0.2, 0) is 68.8 Å². The highest BCUT2D eigenvalue weighted by Crippen LogP contribution is 2.38. The molecule has 4 fully saturated rings. The maximum atomic E-state index is 13.8. The number of methoxy groups -OCH3 is 1. The topological polar surface area (TPSA) is 300 Å². The molecule has 4 aliphatic rings. The first kappa shape index (κ1) is 89.9. The number of Topliss-reactive ketones (excluding diaryl/α,β-unsaturated/α-hetero) is 4. The van der Waals surface area contributed by atoms with E-state index in [0.29, 0.717) is 115 Å². The minimum Gasteiger partial charge on any atom is -0.463 e. The number of hydrogen-bond donors (Lipinski definition) is 5. The SMILES string of the molecule is COC(=O)C(=O)Cc1ccc(Cl)cc1.O=C(Cc1ccc(Cl)cc1)C(=O)N1CC[C@@H](c2ccnc3ccc(F)cc23)[C@H](O)C1.O=C(Cc1ccc(Cl)cc1)C(=O)N1CC[C@@H](c2ccnc3ccc(F)cc23)[C@H](O)C1.O=C(Cc1ccc(Cl)cc1)C(=O)N1CC[C@H](c2ccnc3ccc(F)cc23)[C@@H](O)C1.O[C@@H]1CNCC[C@H]1c1ccnc2ccc(F)cc12. The van der Waals surface area contributed by atoms with Crippen LogP contribution >= 0.6 is 46.4 Å². The van der Waals surface area contributed by atoms with Crippen LogP contribution in [0.1, 0.15) is 93.9 Å². The van der Waals surface area contributed by atoms with Crippen molar-refractivity contribution in [2.24, 2.45) is 0 Å². The molecule has 8 atom stereocenters. The number of halogens is 8. The van der Waals surface area contributed by atoms with E-state index in [1.807, 2.05) is 6.07 Å². The maximum Gasteiger partial charge on any atom is 0.374 e. The third-order valence-corrected chi connectivity index (χ3v) is 22.9. The number of nitrogens with zero attached hydrogens (tertiary/aromatic N) is 7. The highest BCUT2D eigenvalue weighted by molar-refractivity contribution is 6.38. The van der Waals surface area contributed by atoms with Crippen molar-refractivity contribution in [3.63, 3.8) is 0 Å². The van der Waals surface area contributed by atoms with Crippen LogP contribution in [0.4, 0.5) is 17.6 Å². The van der Waals surface area contributed by atoms with Crippen molar-refractivity contribution in [3.8, 4) is 0 Å². The van der Waals surface area contributed by atoms with E-state index in [-0.39, 0.29) is 92.3 Å². The second kappa shape index (κ2) is 41.9. The molecule has 0 saturated carbocycles. The number of carbonyl (C=O) groups excluding carboxylic acids is 8. The van der Waals surface area contributed by atoms with Crippen LogP contribution in [0, 0.1) is 23.3 Å². The van der Waals surface area contributed by atoms with E-state index in [4.69, 9.17) is 46.4 Å². The summed E-state index contributed by atoms with van der Waals surface area (Å²) >= 11 is 23.2. The molecular formula is C93H84Cl4F4N8O13. The lowest BCUT2D eigenvalue weighted by atomic mass is 9.85. The predicted molar refractivity (Wildman–Crippen MR) is 456 cm³/mol. The lowest BCUT2D eigenvalue weighted by molar-refractivity contribution is -0.151. The van der Waals surface area contributed by atoms with Gasteiger partial charge in [-0.3, -0.25) is 53.5 Å². The highest BCUT2D eigenvalue weighted by atomic mass is 35.5. The second-order valence-corrected chi connectivity index (χ2v) is 31.7. The Hall–Kier alpha value is -11.4. The zero-order valence-electron chi connectivity index (χ0n) is 65.8. The molecule has 21 nitrogen and oxygen atoms in total. The summed E-state index contributed by atoms with van der Waals surface area (Å²) < 4.78 is 58.9. The smallest absolute Gasteiger partial charge is 0.374 e. The van der Waals surface area contributed by atoms with Gasteiger partial charge in [-0.1, -0.05) is 94.9 Å². The number of benzene rings is 8. The number of rotatable bonds is 16. The molecule has 122 heavy (non-hydrogen) atoms. The van der Waals surface area contributed by atoms with Crippen LogP contribution in [0.5, 0.6) is 0 Å². The molecular weight excluding hydrogens is 1650 g/mol. The summed E-state index contributed by atoms with van der Waals surface area (Å²) in [6, 6.07) is 52.0. The summed E-state index contributed by atoms with van der Waals surface area (Å²) in [5, 5.41) is 50.5. The number of ether oxygens (including phenoxy) is 1. The number of piperidine rings is 4. The third-order valence-electron chi connectivity index (χ3n) is 21.8. The molecule has 8 aromatic carbocycles. The van der Waals surface area contributed by atoms with Gasteiger partial charge in [0.1, 0.15) is 23.3 Å². The first-order valence-corrected chi connectivity index (χ1v) is 40.8. The van der Waals surface area contributed by atoms with Crippen molar-refractivity contribution in [2.45, 2.75) is 99.5 Å². The van der Waals surface area contributed by atoms with Crippen molar-refractivity contribution in [1.82, 2.24) is 40.0 Å². The Balaban J connectivity index is 0.000000143. The van der Waals surface area contributed by atoms with Crippen molar-refractivity contribution < 1.29 is 81.1 Å². The lowest BCUT2D eigenvalue weighted by Gasteiger charge is -2.36. The largest absolute Gasteiger partial charge is 0.463 e. The van der Waals surface area contributed by atoms with Crippen molar-refractivity contribution in [3.05, 3.63) is 307 Å². The van der Waals surface area contributed by atoms with Crippen LogP contribution in [0.25, 0.3) is 43.6 Å². The van der Waals surface area contributed by atoms with Crippen LogP contribution in [0.15, 0.2) is 219 Å². The Bertz CT molecular complexity index is 5390. The Kier molecular flexibility index (Phi) is 30.9.